The zero-order valence-corrected chi connectivity index (χ0v) is 21.0. The number of nitrogens with zero attached hydrogens (tertiary/aromatic N) is 7. The number of phenols is 1. The molecule has 0 aliphatic carbocycles. The van der Waals surface area contributed by atoms with E-state index in [4.69, 9.17) is 4.98 Å². The number of nitrogens with one attached hydrogen (secondary N) is 1. The molecule has 198 valence electrons. The quantitative estimate of drug-likeness (QED) is 0.327. The second-order valence-corrected chi connectivity index (χ2v) is 10.1. The molecular formula is C28H26F2N8O. The van der Waals surface area contributed by atoms with Gasteiger partial charge in [0.05, 0.1) is 24.1 Å². The van der Waals surface area contributed by atoms with Crippen molar-refractivity contribution < 1.29 is 13.9 Å². The van der Waals surface area contributed by atoms with Gasteiger partial charge < -0.3 is 15.0 Å². The average molecular weight is 529 g/mol. The van der Waals surface area contributed by atoms with Gasteiger partial charge in [0.25, 0.3) is 0 Å². The van der Waals surface area contributed by atoms with Crippen LogP contribution in [0.5, 0.6) is 5.75 Å². The fourth-order valence-electron chi connectivity index (χ4n) is 5.76. The van der Waals surface area contributed by atoms with E-state index in [1.54, 1.807) is 17.1 Å². The Kier molecular flexibility index (Phi) is 5.73. The number of fused-ring (bicyclic) bond motifs is 3. The molecule has 11 heteroatoms. The Morgan fingerprint density at radius 1 is 1.00 bits per heavy atom. The van der Waals surface area contributed by atoms with Gasteiger partial charge in [-0.1, -0.05) is 0 Å². The Morgan fingerprint density at radius 2 is 1.87 bits per heavy atom. The zero-order valence-electron chi connectivity index (χ0n) is 21.0. The largest absolute Gasteiger partial charge is 0.508 e. The Bertz CT molecular complexity index is 1640. The van der Waals surface area contributed by atoms with Crippen LogP contribution < -0.4 is 4.90 Å². The number of aromatic hydroxyl groups is 1. The third-order valence-electron chi connectivity index (χ3n) is 7.77. The van der Waals surface area contributed by atoms with Crippen LogP contribution >= 0.6 is 0 Å². The molecule has 5 aromatic rings. The SMILES string of the molecule is Oc1ccc(F)cc1CN1C2CC1CN(c1ccc(-c3ncnc4[nH]c(-c5cnn(CCF)c5)cc34)cn1)C2. The first-order chi connectivity index (χ1) is 19.1. The van der Waals surface area contributed by atoms with Crippen molar-refractivity contribution in [3.63, 3.8) is 0 Å². The van der Waals surface area contributed by atoms with Crippen LogP contribution in [0.15, 0.2) is 61.3 Å². The summed E-state index contributed by atoms with van der Waals surface area (Å²) in [6.07, 6.45) is 7.97. The fraction of sp³-hybridized carbons (Fsp3) is 0.286. The summed E-state index contributed by atoms with van der Waals surface area (Å²) in [5.41, 5.74) is 4.68. The number of pyridine rings is 1. The molecule has 8 rings (SSSR count). The molecule has 3 aliphatic heterocycles. The summed E-state index contributed by atoms with van der Waals surface area (Å²) < 4.78 is 27.9. The number of aromatic amines is 1. The standard InChI is InChI=1S/C28H26F2N8O/c29-5-6-37-12-19(11-34-37)24-9-23-27(32-16-33-28(23)35-24)17-1-4-26(31-10-17)36-14-21-8-22(15-36)38(21)13-18-7-20(30)2-3-25(18)39/h1-4,7,9-12,16,21-22,39H,5-6,8,13-15H2,(H,32,33,35). The summed E-state index contributed by atoms with van der Waals surface area (Å²) in [7, 11) is 0. The van der Waals surface area contributed by atoms with Gasteiger partial charge in [-0.2, -0.15) is 5.10 Å². The molecule has 4 aromatic heterocycles. The first kappa shape index (κ1) is 23.7. The maximum Gasteiger partial charge on any atom is 0.141 e. The number of rotatable bonds is 7. The molecule has 0 saturated carbocycles. The third kappa shape index (κ3) is 4.28. The van der Waals surface area contributed by atoms with E-state index in [9.17, 15) is 13.9 Å². The van der Waals surface area contributed by atoms with Gasteiger partial charge in [-0.15, -0.1) is 0 Å². The van der Waals surface area contributed by atoms with Gasteiger partial charge in [0.15, 0.2) is 0 Å². The van der Waals surface area contributed by atoms with E-state index >= 15 is 0 Å². The van der Waals surface area contributed by atoms with Crippen LogP contribution in [0.25, 0.3) is 33.5 Å². The van der Waals surface area contributed by atoms with Gasteiger partial charge in [0.1, 0.15) is 36.0 Å². The lowest BCUT2D eigenvalue weighted by Crippen LogP contribution is -2.68. The van der Waals surface area contributed by atoms with Crippen molar-refractivity contribution in [2.45, 2.75) is 31.6 Å². The summed E-state index contributed by atoms with van der Waals surface area (Å²) in [5, 5.41) is 15.2. The maximum atomic E-state index is 13.7. The molecule has 3 fully saturated rings. The number of hydrogen-bond donors (Lipinski definition) is 2. The van der Waals surface area contributed by atoms with Gasteiger partial charge in [-0.25, -0.2) is 23.7 Å². The summed E-state index contributed by atoms with van der Waals surface area (Å²) in [6, 6.07) is 10.8. The number of halogens is 2. The van der Waals surface area contributed by atoms with E-state index < -0.39 is 6.67 Å². The molecule has 2 atom stereocenters. The molecular weight excluding hydrogens is 502 g/mol. The Hall–Kier alpha value is -4.38. The summed E-state index contributed by atoms with van der Waals surface area (Å²) >= 11 is 0. The molecule has 2 N–H and O–H groups in total. The van der Waals surface area contributed by atoms with Crippen molar-refractivity contribution in [3.8, 4) is 28.3 Å². The number of aryl methyl sites for hydroxylation is 1. The fourth-order valence-corrected chi connectivity index (χ4v) is 5.76. The topological polar surface area (TPSA) is 99.0 Å². The van der Waals surface area contributed by atoms with Gasteiger partial charge in [-0.3, -0.25) is 9.58 Å². The second kappa shape index (κ2) is 9.42. The molecule has 3 saturated heterocycles. The van der Waals surface area contributed by atoms with Crippen molar-refractivity contribution in [2.24, 2.45) is 0 Å². The highest BCUT2D eigenvalue weighted by Gasteiger charge is 2.44. The van der Waals surface area contributed by atoms with Crippen molar-refractivity contribution in [1.82, 2.24) is 34.6 Å². The van der Waals surface area contributed by atoms with Crippen molar-refractivity contribution >= 4 is 16.9 Å². The Labute approximate surface area is 222 Å². The minimum absolute atomic E-state index is 0.135. The van der Waals surface area contributed by atoms with E-state index in [0.717, 1.165) is 53.2 Å². The number of H-pyrrole nitrogens is 1. The van der Waals surface area contributed by atoms with Crippen molar-refractivity contribution in [3.05, 3.63) is 72.7 Å². The highest BCUT2D eigenvalue weighted by Crippen LogP contribution is 2.37. The molecule has 1 aromatic carbocycles. The lowest BCUT2D eigenvalue weighted by molar-refractivity contribution is -0.00921. The van der Waals surface area contributed by atoms with Crippen molar-refractivity contribution in [1.29, 1.82) is 0 Å². The van der Waals surface area contributed by atoms with E-state index in [1.807, 2.05) is 24.4 Å². The van der Waals surface area contributed by atoms with Crippen LogP contribution in [0.2, 0.25) is 0 Å². The van der Waals surface area contributed by atoms with Gasteiger partial charge in [0.2, 0.25) is 0 Å². The van der Waals surface area contributed by atoms with Gasteiger partial charge >= 0.3 is 0 Å². The van der Waals surface area contributed by atoms with Crippen LogP contribution in [0.1, 0.15) is 12.0 Å². The molecule has 3 aliphatic rings. The second-order valence-electron chi connectivity index (χ2n) is 10.1. The minimum atomic E-state index is -0.469. The van der Waals surface area contributed by atoms with Crippen LogP contribution in [0, 0.1) is 5.82 Å². The summed E-state index contributed by atoms with van der Waals surface area (Å²) in [4.78, 5) is 21.6. The number of piperidine rings is 1. The molecule has 2 unspecified atom stereocenters. The van der Waals surface area contributed by atoms with E-state index in [2.05, 4.69) is 29.9 Å². The maximum absolute atomic E-state index is 13.7. The van der Waals surface area contributed by atoms with Crippen LogP contribution in [-0.4, -0.2) is 71.6 Å². The lowest BCUT2D eigenvalue weighted by Gasteiger charge is -2.56. The number of alkyl halides is 1. The zero-order chi connectivity index (χ0) is 26.5. The lowest BCUT2D eigenvalue weighted by atomic mass is 9.86. The predicted octanol–water partition coefficient (Wildman–Crippen LogP) is 4.16. The first-order valence-electron chi connectivity index (χ1n) is 12.9. The highest BCUT2D eigenvalue weighted by molar-refractivity contribution is 5.94. The van der Waals surface area contributed by atoms with E-state index in [1.165, 1.54) is 24.5 Å². The molecule has 2 bridgehead atoms. The number of hydrogen-bond acceptors (Lipinski definition) is 7. The summed E-state index contributed by atoms with van der Waals surface area (Å²) in [6.45, 7) is 1.94. The van der Waals surface area contributed by atoms with Crippen LogP contribution in [0.4, 0.5) is 14.6 Å². The van der Waals surface area contributed by atoms with Crippen molar-refractivity contribution in [2.75, 3.05) is 24.7 Å². The number of phenolic OH excluding ortho intramolecular Hbond substituents is 1. The summed E-state index contributed by atoms with van der Waals surface area (Å²) in [5.74, 6) is 0.707. The Morgan fingerprint density at radius 3 is 2.67 bits per heavy atom. The molecule has 7 heterocycles. The van der Waals surface area contributed by atoms with E-state index in [-0.39, 0.29) is 18.1 Å². The normalized spacial score (nSPS) is 19.0. The highest BCUT2D eigenvalue weighted by atomic mass is 19.1. The number of aromatic nitrogens is 6. The first-order valence-corrected chi connectivity index (χ1v) is 12.9. The predicted molar refractivity (Wildman–Crippen MR) is 142 cm³/mol. The monoisotopic (exact) mass is 528 g/mol. The van der Waals surface area contributed by atoms with E-state index in [0.29, 0.717) is 29.8 Å². The smallest absolute Gasteiger partial charge is 0.141 e. The van der Waals surface area contributed by atoms with Gasteiger partial charge in [-0.05, 0) is 42.8 Å². The molecule has 39 heavy (non-hydrogen) atoms. The molecule has 0 amide bonds. The number of anilines is 1. The third-order valence-corrected chi connectivity index (χ3v) is 7.77. The Balaban J connectivity index is 1.07. The van der Waals surface area contributed by atoms with Crippen LogP contribution in [-0.2, 0) is 13.1 Å². The number of benzene rings is 1. The van der Waals surface area contributed by atoms with Gasteiger partial charge in [0, 0.05) is 66.2 Å². The molecule has 9 nitrogen and oxygen atoms in total. The van der Waals surface area contributed by atoms with Crippen LogP contribution in [0.3, 0.4) is 0 Å². The minimum Gasteiger partial charge on any atom is -0.508 e. The molecule has 0 spiro atoms. The molecule has 0 radical (unpaired) electrons. The average Bonchev–Trinajstić information content (AvgIpc) is 3.61. The number of piperazine rings is 1.